The van der Waals surface area contributed by atoms with Crippen LogP contribution in [0.1, 0.15) is 11.7 Å². The van der Waals surface area contributed by atoms with Gasteiger partial charge in [0.15, 0.2) is 0 Å². The van der Waals surface area contributed by atoms with E-state index >= 15 is 0 Å². The van der Waals surface area contributed by atoms with E-state index in [1.54, 1.807) is 12.1 Å². The second-order valence-corrected chi connectivity index (χ2v) is 5.10. The van der Waals surface area contributed by atoms with Crippen molar-refractivity contribution in [3.8, 4) is 5.75 Å². The largest absolute Gasteiger partial charge is 0.490 e. The third-order valence-corrected chi connectivity index (χ3v) is 3.35. The molecule has 1 aliphatic heterocycles. The summed E-state index contributed by atoms with van der Waals surface area (Å²) in [6, 6.07) is 3.27. The molecule has 0 aliphatic carbocycles. The van der Waals surface area contributed by atoms with Crippen molar-refractivity contribution >= 4 is 39.1 Å². The Balaban J connectivity index is 2.54. The van der Waals surface area contributed by atoms with Crippen LogP contribution in [0.3, 0.4) is 0 Å². The third-order valence-electron chi connectivity index (χ3n) is 2.09. The predicted octanol–water partition coefficient (Wildman–Crippen LogP) is 3.18. The second kappa shape index (κ2) is 3.89. The lowest BCUT2D eigenvalue weighted by atomic mass is 10.0. The van der Waals surface area contributed by atoms with Crippen molar-refractivity contribution in [1.82, 2.24) is 0 Å². The van der Waals surface area contributed by atoms with Crippen LogP contribution in [0.25, 0.3) is 0 Å². The predicted molar refractivity (Wildman–Crippen MR) is 59.6 cm³/mol. The molecule has 1 aliphatic rings. The number of ether oxygens (including phenoxy) is 1. The molecule has 0 saturated heterocycles. The summed E-state index contributed by atoms with van der Waals surface area (Å²) in [6.45, 7) is 0.398. The molecule has 5 heteroatoms. The molecular weight excluding hydrogens is 291 g/mol. The van der Waals surface area contributed by atoms with E-state index in [9.17, 15) is 5.11 Å². The number of alkyl halides is 1. The zero-order valence-electron chi connectivity index (χ0n) is 7.01. The normalized spacial score (nSPS) is 25.4. The zero-order chi connectivity index (χ0) is 10.3. The molecule has 0 bridgehead atoms. The monoisotopic (exact) mass is 296 g/mol. The summed E-state index contributed by atoms with van der Waals surface area (Å²) in [6.07, 6.45) is -0.630. The number of halogens is 3. The fourth-order valence-corrected chi connectivity index (χ4v) is 2.38. The fraction of sp³-hybridized carbons (Fsp3) is 0.333. The van der Waals surface area contributed by atoms with E-state index in [1.165, 1.54) is 0 Å². The molecule has 2 atom stereocenters. The van der Waals surface area contributed by atoms with Crippen LogP contribution in [0.4, 0.5) is 0 Å². The summed E-state index contributed by atoms with van der Waals surface area (Å²) in [5.41, 5.74) is 0.635. The maximum atomic E-state index is 9.83. The van der Waals surface area contributed by atoms with Gasteiger partial charge < -0.3 is 9.84 Å². The van der Waals surface area contributed by atoms with Crippen LogP contribution in [0.5, 0.6) is 5.75 Å². The molecule has 2 rings (SSSR count). The van der Waals surface area contributed by atoms with Crippen molar-refractivity contribution in [3.63, 3.8) is 0 Å². The summed E-state index contributed by atoms with van der Waals surface area (Å²) < 4.78 is 5.39. The quantitative estimate of drug-likeness (QED) is 0.745. The molecule has 0 spiro atoms. The number of hydrogen-bond donors (Lipinski definition) is 1. The molecule has 0 amide bonds. The van der Waals surface area contributed by atoms with Gasteiger partial charge in [0.2, 0.25) is 0 Å². The molecule has 0 aromatic heterocycles. The number of fused-ring (bicyclic) bond motifs is 1. The number of hydrogen-bond acceptors (Lipinski definition) is 2. The standard InChI is InChI=1S/C9H7BrCl2O2/c10-6-3-14-9-5(8(6)13)1-4(11)2-7(9)12/h1-2,6,8,13H,3H2. The van der Waals surface area contributed by atoms with E-state index in [2.05, 4.69) is 15.9 Å². The fourth-order valence-electron chi connectivity index (χ4n) is 1.40. The van der Waals surface area contributed by atoms with E-state index in [1.807, 2.05) is 0 Å². The van der Waals surface area contributed by atoms with Gasteiger partial charge in [-0.25, -0.2) is 0 Å². The van der Waals surface area contributed by atoms with Crippen LogP contribution in [0, 0.1) is 0 Å². The number of aliphatic hydroxyl groups is 1. The maximum absolute atomic E-state index is 9.83. The van der Waals surface area contributed by atoms with E-state index in [0.29, 0.717) is 28.0 Å². The van der Waals surface area contributed by atoms with Crippen molar-refractivity contribution in [2.75, 3.05) is 6.61 Å². The van der Waals surface area contributed by atoms with Crippen LogP contribution >= 0.6 is 39.1 Å². The number of benzene rings is 1. The van der Waals surface area contributed by atoms with Gasteiger partial charge in [-0.05, 0) is 12.1 Å². The highest BCUT2D eigenvalue weighted by Gasteiger charge is 2.29. The molecule has 14 heavy (non-hydrogen) atoms. The van der Waals surface area contributed by atoms with Gasteiger partial charge in [-0.3, -0.25) is 0 Å². The Morgan fingerprint density at radius 3 is 2.86 bits per heavy atom. The van der Waals surface area contributed by atoms with Crippen LogP contribution in [0.2, 0.25) is 10.0 Å². The third kappa shape index (κ3) is 1.74. The van der Waals surface area contributed by atoms with Crippen LogP contribution in [-0.2, 0) is 0 Å². The molecule has 1 aromatic carbocycles. The maximum Gasteiger partial charge on any atom is 0.143 e. The topological polar surface area (TPSA) is 29.5 Å². The molecule has 0 radical (unpaired) electrons. The van der Waals surface area contributed by atoms with Gasteiger partial charge in [0.25, 0.3) is 0 Å². The average molecular weight is 298 g/mol. The zero-order valence-corrected chi connectivity index (χ0v) is 10.1. The Bertz CT molecular complexity index is 370. The van der Waals surface area contributed by atoms with Gasteiger partial charge in [-0.15, -0.1) is 0 Å². The van der Waals surface area contributed by atoms with E-state index in [-0.39, 0.29) is 4.83 Å². The molecule has 2 unspecified atom stereocenters. The highest BCUT2D eigenvalue weighted by Crippen LogP contribution is 2.41. The van der Waals surface area contributed by atoms with Crippen molar-refractivity contribution in [1.29, 1.82) is 0 Å². The highest BCUT2D eigenvalue weighted by molar-refractivity contribution is 9.09. The minimum atomic E-state index is -0.630. The summed E-state index contributed by atoms with van der Waals surface area (Å²) in [5.74, 6) is 0.527. The van der Waals surface area contributed by atoms with Gasteiger partial charge in [0.05, 0.1) is 16.0 Å². The van der Waals surface area contributed by atoms with Crippen molar-refractivity contribution in [2.45, 2.75) is 10.9 Å². The molecular formula is C9H7BrCl2O2. The summed E-state index contributed by atoms with van der Waals surface area (Å²) in [5, 5.41) is 10.8. The molecule has 1 aromatic rings. The van der Waals surface area contributed by atoms with Crippen LogP contribution < -0.4 is 4.74 Å². The van der Waals surface area contributed by atoms with Crippen molar-refractivity contribution in [3.05, 3.63) is 27.7 Å². The minimum absolute atomic E-state index is 0.121. The van der Waals surface area contributed by atoms with Crippen molar-refractivity contribution < 1.29 is 9.84 Å². The van der Waals surface area contributed by atoms with Gasteiger partial charge in [0.1, 0.15) is 12.4 Å². The Labute approximate surface area is 99.9 Å². The Kier molecular flexibility index (Phi) is 2.93. The second-order valence-electron chi connectivity index (χ2n) is 3.08. The Morgan fingerprint density at radius 1 is 1.43 bits per heavy atom. The van der Waals surface area contributed by atoms with Crippen LogP contribution in [0.15, 0.2) is 12.1 Å². The Hall–Kier alpha value is 0.0400. The minimum Gasteiger partial charge on any atom is -0.490 e. The van der Waals surface area contributed by atoms with E-state index in [4.69, 9.17) is 27.9 Å². The SMILES string of the molecule is OC1c2cc(Cl)cc(Cl)c2OCC1Br. The van der Waals surface area contributed by atoms with Gasteiger partial charge in [0, 0.05) is 10.6 Å². The molecule has 2 nitrogen and oxygen atoms in total. The first-order valence-electron chi connectivity index (χ1n) is 4.03. The highest BCUT2D eigenvalue weighted by atomic mass is 79.9. The molecule has 1 heterocycles. The molecule has 76 valence electrons. The first-order valence-corrected chi connectivity index (χ1v) is 5.70. The summed E-state index contributed by atoms with van der Waals surface area (Å²) in [4.78, 5) is -0.121. The average Bonchev–Trinajstić information content (AvgIpc) is 2.12. The number of rotatable bonds is 0. The van der Waals surface area contributed by atoms with E-state index in [0.717, 1.165) is 0 Å². The first-order chi connectivity index (χ1) is 6.59. The van der Waals surface area contributed by atoms with Crippen molar-refractivity contribution in [2.24, 2.45) is 0 Å². The summed E-state index contributed by atoms with van der Waals surface area (Å²) in [7, 11) is 0. The van der Waals surface area contributed by atoms with Crippen LogP contribution in [-0.4, -0.2) is 16.5 Å². The Morgan fingerprint density at radius 2 is 2.14 bits per heavy atom. The summed E-state index contributed by atoms with van der Waals surface area (Å²) >= 11 is 15.1. The molecule has 0 fully saturated rings. The molecule has 1 N–H and O–H groups in total. The molecule has 0 saturated carbocycles. The number of aliphatic hydroxyl groups excluding tert-OH is 1. The first kappa shape index (κ1) is 10.6. The lowest BCUT2D eigenvalue weighted by molar-refractivity contribution is 0.125. The van der Waals surface area contributed by atoms with Gasteiger partial charge in [-0.2, -0.15) is 0 Å². The lowest BCUT2D eigenvalue weighted by Crippen LogP contribution is -2.26. The van der Waals surface area contributed by atoms with E-state index < -0.39 is 6.10 Å². The van der Waals surface area contributed by atoms with Gasteiger partial charge >= 0.3 is 0 Å². The smallest absolute Gasteiger partial charge is 0.143 e. The van der Waals surface area contributed by atoms with Gasteiger partial charge in [-0.1, -0.05) is 39.1 Å². The lowest BCUT2D eigenvalue weighted by Gasteiger charge is -2.27.